The summed E-state index contributed by atoms with van der Waals surface area (Å²) in [6, 6.07) is 2.44. The standard InChI is InChI=1S/C10H11F3N2/c11-7-1-2-9(14-6-7)15-8-3-4-10(12,13)5-8/h1-2,6,8H,3-5H2,(H,14,15). The lowest BCUT2D eigenvalue weighted by Crippen LogP contribution is -2.19. The first-order chi connectivity index (χ1) is 7.05. The van der Waals surface area contributed by atoms with E-state index in [1.807, 2.05) is 0 Å². The fraction of sp³-hybridized carbons (Fsp3) is 0.500. The van der Waals surface area contributed by atoms with Crippen LogP contribution in [0, 0.1) is 5.82 Å². The molecular weight excluding hydrogens is 205 g/mol. The third kappa shape index (κ3) is 2.61. The van der Waals surface area contributed by atoms with E-state index in [2.05, 4.69) is 10.3 Å². The quantitative estimate of drug-likeness (QED) is 0.822. The van der Waals surface area contributed by atoms with Crippen LogP contribution in [0.4, 0.5) is 19.0 Å². The molecule has 1 unspecified atom stereocenters. The third-order valence-corrected chi connectivity index (χ3v) is 2.48. The molecule has 1 aliphatic carbocycles. The van der Waals surface area contributed by atoms with Crippen molar-refractivity contribution in [1.82, 2.24) is 4.98 Å². The molecule has 0 saturated heterocycles. The lowest BCUT2D eigenvalue weighted by molar-refractivity contribution is 0.00852. The monoisotopic (exact) mass is 216 g/mol. The second-order valence-electron chi connectivity index (χ2n) is 3.80. The minimum Gasteiger partial charge on any atom is -0.367 e. The van der Waals surface area contributed by atoms with Crippen LogP contribution in [0.1, 0.15) is 19.3 Å². The molecule has 15 heavy (non-hydrogen) atoms. The number of nitrogens with zero attached hydrogens (tertiary/aromatic N) is 1. The van der Waals surface area contributed by atoms with E-state index in [9.17, 15) is 13.2 Å². The zero-order valence-electron chi connectivity index (χ0n) is 8.01. The van der Waals surface area contributed by atoms with Crippen LogP contribution in [0.5, 0.6) is 0 Å². The summed E-state index contributed by atoms with van der Waals surface area (Å²) >= 11 is 0. The summed E-state index contributed by atoms with van der Waals surface area (Å²) in [7, 11) is 0. The number of rotatable bonds is 2. The topological polar surface area (TPSA) is 24.9 Å². The molecule has 0 spiro atoms. The minimum atomic E-state index is -2.57. The van der Waals surface area contributed by atoms with Crippen molar-refractivity contribution in [3.8, 4) is 0 Å². The van der Waals surface area contributed by atoms with E-state index in [-0.39, 0.29) is 18.9 Å². The first-order valence-electron chi connectivity index (χ1n) is 4.81. The molecule has 5 heteroatoms. The number of alkyl halides is 2. The van der Waals surface area contributed by atoms with Crippen LogP contribution in [0.15, 0.2) is 18.3 Å². The van der Waals surface area contributed by atoms with E-state index in [4.69, 9.17) is 0 Å². The van der Waals surface area contributed by atoms with Crippen LogP contribution < -0.4 is 5.32 Å². The second-order valence-corrected chi connectivity index (χ2v) is 3.80. The van der Waals surface area contributed by atoms with Crippen LogP contribution >= 0.6 is 0 Å². The Kier molecular flexibility index (Phi) is 2.54. The highest BCUT2D eigenvalue weighted by molar-refractivity contribution is 5.35. The van der Waals surface area contributed by atoms with Gasteiger partial charge in [-0.1, -0.05) is 0 Å². The van der Waals surface area contributed by atoms with Crippen LogP contribution in [0.3, 0.4) is 0 Å². The highest BCUT2D eigenvalue weighted by atomic mass is 19.3. The lowest BCUT2D eigenvalue weighted by atomic mass is 10.2. The fourth-order valence-electron chi connectivity index (χ4n) is 1.74. The van der Waals surface area contributed by atoms with E-state index in [0.717, 1.165) is 6.20 Å². The van der Waals surface area contributed by atoms with Gasteiger partial charge in [-0.3, -0.25) is 0 Å². The van der Waals surface area contributed by atoms with Gasteiger partial charge in [0, 0.05) is 18.9 Å². The Bertz CT molecular complexity index is 337. The van der Waals surface area contributed by atoms with Crippen molar-refractivity contribution in [2.45, 2.75) is 31.2 Å². The molecule has 0 amide bonds. The van der Waals surface area contributed by atoms with Crippen molar-refractivity contribution in [3.05, 3.63) is 24.1 Å². The Morgan fingerprint density at radius 2 is 2.20 bits per heavy atom. The van der Waals surface area contributed by atoms with Crippen molar-refractivity contribution in [1.29, 1.82) is 0 Å². The smallest absolute Gasteiger partial charge is 0.250 e. The minimum absolute atomic E-state index is 0.0914. The molecule has 1 aromatic rings. The second kappa shape index (κ2) is 3.72. The Morgan fingerprint density at radius 1 is 1.40 bits per heavy atom. The van der Waals surface area contributed by atoms with Gasteiger partial charge in [0.1, 0.15) is 11.6 Å². The van der Waals surface area contributed by atoms with E-state index in [1.165, 1.54) is 12.1 Å². The lowest BCUT2D eigenvalue weighted by Gasteiger charge is -2.13. The van der Waals surface area contributed by atoms with Crippen LogP contribution in [-0.4, -0.2) is 16.9 Å². The van der Waals surface area contributed by atoms with Gasteiger partial charge in [0.25, 0.3) is 0 Å². The van der Waals surface area contributed by atoms with Crippen molar-refractivity contribution < 1.29 is 13.2 Å². The molecule has 0 aromatic carbocycles. The van der Waals surface area contributed by atoms with Gasteiger partial charge >= 0.3 is 0 Å². The molecule has 2 nitrogen and oxygen atoms in total. The number of hydrogen-bond acceptors (Lipinski definition) is 2. The molecule has 1 fully saturated rings. The summed E-state index contributed by atoms with van der Waals surface area (Å²) < 4.78 is 38.2. The zero-order chi connectivity index (χ0) is 10.9. The van der Waals surface area contributed by atoms with Crippen molar-refractivity contribution >= 4 is 5.82 Å². The Balaban J connectivity index is 1.96. The zero-order valence-corrected chi connectivity index (χ0v) is 8.01. The molecule has 2 rings (SSSR count). The van der Waals surface area contributed by atoms with Crippen LogP contribution in [0.2, 0.25) is 0 Å². The Morgan fingerprint density at radius 3 is 2.73 bits per heavy atom. The normalized spacial score (nSPS) is 24.1. The van der Waals surface area contributed by atoms with Gasteiger partial charge in [-0.25, -0.2) is 18.2 Å². The van der Waals surface area contributed by atoms with Gasteiger partial charge in [-0.15, -0.1) is 0 Å². The largest absolute Gasteiger partial charge is 0.367 e. The van der Waals surface area contributed by atoms with E-state index >= 15 is 0 Å². The summed E-state index contributed by atoms with van der Waals surface area (Å²) in [5.74, 6) is -2.56. The van der Waals surface area contributed by atoms with E-state index in [1.54, 1.807) is 0 Å². The number of halogens is 3. The van der Waals surface area contributed by atoms with E-state index in [0.29, 0.717) is 12.2 Å². The molecule has 0 aliphatic heterocycles. The maximum absolute atomic E-state index is 12.8. The predicted molar refractivity (Wildman–Crippen MR) is 50.4 cm³/mol. The number of hydrogen-bond donors (Lipinski definition) is 1. The van der Waals surface area contributed by atoms with Gasteiger partial charge in [-0.05, 0) is 18.6 Å². The summed E-state index contributed by atoms with van der Waals surface area (Å²) in [4.78, 5) is 3.76. The van der Waals surface area contributed by atoms with Crippen LogP contribution in [0.25, 0.3) is 0 Å². The van der Waals surface area contributed by atoms with Gasteiger partial charge in [0.15, 0.2) is 0 Å². The molecule has 0 bridgehead atoms. The average Bonchev–Trinajstić information content (AvgIpc) is 2.50. The van der Waals surface area contributed by atoms with Crippen molar-refractivity contribution in [2.75, 3.05) is 5.32 Å². The maximum atomic E-state index is 12.8. The van der Waals surface area contributed by atoms with Gasteiger partial charge in [-0.2, -0.15) is 0 Å². The fourth-order valence-corrected chi connectivity index (χ4v) is 1.74. The Hall–Kier alpha value is -1.26. The van der Waals surface area contributed by atoms with Gasteiger partial charge in [0.2, 0.25) is 5.92 Å². The summed E-state index contributed by atoms with van der Waals surface area (Å²) in [6.07, 6.45) is 1.22. The summed E-state index contributed by atoms with van der Waals surface area (Å²) in [6.45, 7) is 0. The van der Waals surface area contributed by atoms with Crippen molar-refractivity contribution in [2.24, 2.45) is 0 Å². The first-order valence-corrected chi connectivity index (χ1v) is 4.81. The molecule has 1 saturated carbocycles. The number of nitrogens with one attached hydrogen (secondary N) is 1. The highest BCUT2D eigenvalue weighted by Gasteiger charge is 2.39. The number of aromatic nitrogens is 1. The van der Waals surface area contributed by atoms with Crippen LogP contribution in [-0.2, 0) is 0 Å². The Labute approximate surface area is 85.5 Å². The maximum Gasteiger partial charge on any atom is 0.250 e. The van der Waals surface area contributed by atoms with E-state index < -0.39 is 11.7 Å². The third-order valence-electron chi connectivity index (χ3n) is 2.48. The summed E-state index contributed by atoms with van der Waals surface area (Å²) in [5, 5.41) is 2.87. The van der Waals surface area contributed by atoms with Gasteiger partial charge < -0.3 is 5.32 Å². The van der Waals surface area contributed by atoms with Gasteiger partial charge in [0.05, 0.1) is 6.20 Å². The predicted octanol–water partition coefficient (Wildman–Crippen LogP) is 2.82. The molecule has 1 aliphatic rings. The molecule has 82 valence electrons. The number of anilines is 1. The average molecular weight is 216 g/mol. The molecule has 1 aromatic heterocycles. The first kappa shape index (κ1) is 10.3. The molecular formula is C10H11F3N2. The molecule has 0 radical (unpaired) electrons. The number of pyridine rings is 1. The van der Waals surface area contributed by atoms with Crippen molar-refractivity contribution in [3.63, 3.8) is 0 Å². The highest BCUT2D eigenvalue weighted by Crippen LogP contribution is 2.35. The molecule has 1 atom stereocenters. The summed E-state index contributed by atoms with van der Waals surface area (Å²) in [5.41, 5.74) is 0. The molecule has 1 heterocycles. The molecule has 1 N–H and O–H groups in total. The SMILES string of the molecule is Fc1ccc(NC2CCC(F)(F)C2)nc1.